The molecule has 3 heterocycles. The van der Waals surface area contributed by atoms with Crippen LogP contribution < -0.4 is 20.8 Å². The van der Waals surface area contributed by atoms with Crippen LogP contribution in [0.1, 0.15) is 35.4 Å². The van der Waals surface area contributed by atoms with Gasteiger partial charge in [0, 0.05) is 42.0 Å². The number of hydrogen-bond acceptors (Lipinski definition) is 8. The molecule has 10 nitrogen and oxygen atoms in total. The lowest BCUT2D eigenvalue weighted by molar-refractivity contribution is -0.115. The van der Waals surface area contributed by atoms with Crippen LogP contribution in [0.4, 0.5) is 10.8 Å². The molecule has 0 unspecified atom stereocenters. The Bertz CT molecular complexity index is 1190. The number of carbonyl (C=O) groups excluding carboxylic acids is 1. The van der Waals surface area contributed by atoms with Gasteiger partial charge in [0.15, 0.2) is 11.0 Å². The van der Waals surface area contributed by atoms with Crippen molar-refractivity contribution >= 4 is 33.9 Å². The van der Waals surface area contributed by atoms with Crippen molar-refractivity contribution in [2.75, 3.05) is 49.4 Å². The van der Waals surface area contributed by atoms with E-state index in [0.717, 1.165) is 48.5 Å². The average molecular weight is 526 g/mol. The van der Waals surface area contributed by atoms with Crippen LogP contribution in [0.15, 0.2) is 42.7 Å². The van der Waals surface area contributed by atoms with Crippen LogP contribution in [0.2, 0.25) is 0 Å². The second-order valence-electron chi connectivity index (χ2n) is 9.00. The quantitative estimate of drug-likeness (QED) is 0.140. The van der Waals surface area contributed by atoms with Gasteiger partial charge in [-0.3, -0.25) is 19.8 Å². The molecule has 11 heteroatoms. The number of aromatic nitrogens is 2. The van der Waals surface area contributed by atoms with Gasteiger partial charge in [-0.05, 0) is 44.9 Å². The lowest BCUT2D eigenvalue weighted by Crippen LogP contribution is -2.33. The maximum atomic E-state index is 12.3. The molecule has 3 aromatic rings. The number of para-hydroxylation sites is 1. The van der Waals surface area contributed by atoms with Crippen LogP contribution in [0.3, 0.4) is 0 Å². The third-order valence-electron chi connectivity index (χ3n) is 6.42. The maximum Gasteiger partial charge on any atom is 0.229 e. The number of hydrogen-bond donors (Lipinski definition) is 5. The number of anilines is 2. The second-order valence-corrected chi connectivity index (χ2v) is 10.1. The van der Waals surface area contributed by atoms with Crippen LogP contribution in [-0.2, 0) is 11.2 Å². The summed E-state index contributed by atoms with van der Waals surface area (Å²) in [6.07, 6.45) is 6.77. The highest BCUT2D eigenvalue weighted by atomic mass is 32.1. The number of amides is 1. The van der Waals surface area contributed by atoms with Crippen molar-refractivity contribution in [3.63, 3.8) is 0 Å². The largest absolute Gasteiger partial charge is 0.492 e. The molecule has 1 aliphatic rings. The van der Waals surface area contributed by atoms with E-state index in [-0.39, 0.29) is 30.8 Å². The summed E-state index contributed by atoms with van der Waals surface area (Å²) in [7, 11) is 1.79. The molecule has 5 N–H and O–H groups in total. The lowest BCUT2D eigenvalue weighted by Gasteiger charge is -2.22. The summed E-state index contributed by atoms with van der Waals surface area (Å²) in [5.74, 6) is 0.780. The van der Waals surface area contributed by atoms with E-state index in [2.05, 4.69) is 25.9 Å². The summed E-state index contributed by atoms with van der Waals surface area (Å²) in [5.41, 5.74) is 5.33. The van der Waals surface area contributed by atoms with Gasteiger partial charge in [0.25, 0.3) is 0 Å². The highest BCUT2D eigenvalue weighted by Gasteiger charge is 2.23. The Hall–Kier alpha value is -3.41. The van der Waals surface area contributed by atoms with E-state index < -0.39 is 0 Å². The van der Waals surface area contributed by atoms with Crippen molar-refractivity contribution < 1.29 is 14.6 Å². The number of nitrogens with zero attached hydrogens (tertiary/aromatic N) is 3. The molecule has 0 radical (unpaired) electrons. The number of aliphatic hydroxyl groups is 1. The molecule has 1 aromatic carbocycles. The first-order valence-corrected chi connectivity index (χ1v) is 13.3. The van der Waals surface area contributed by atoms with E-state index >= 15 is 0 Å². The first-order valence-electron chi connectivity index (χ1n) is 12.5. The van der Waals surface area contributed by atoms with Crippen LogP contribution in [0.25, 0.3) is 0 Å². The third-order valence-corrected chi connectivity index (χ3v) is 7.34. The van der Waals surface area contributed by atoms with Gasteiger partial charge in [0.2, 0.25) is 5.91 Å². The van der Waals surface area contributed by atoms with E-state index in [1.807, 2.05) is 43.5 Å². The number of nitrogens with one attached hydrogen (secondary N) is 4. The molecule has 4 rings (SSSR count). The fourth-order valence-electron chi connectivity index (χ4n) is 4.55. The summed E-state index contributed by atoms with van der Waals surface area (Å²) in [6, 6.07) is 9.60. The lowest BCUT2D eigenvalue weighted by atomic mass is 10.2. The van der Waals surface area contributed by atoms with Crippen molar-refractivity contribution in [2.24, 2.45) is 0 Å². The molecular weight excluding hydrogens is 490 g/mol. The Kier molecular flexibility index (Phi) is 9.15. The van der Waals surface area contributed by atoms with Gasteiger partial charge in [0.05, 0.1) is 25.8 Å². The molecule has 1 aliphatic heterocycles. The highest BCUT2D eigenvalue weighted by molar-refractivity contribution is 7.15. The molecule has 1 fully saturated rings. The van der Waals surface area contributed by atoms with Crippen LogP contribution in [-0.4, -0.2) is 70.8 Å². The summed E-state index contributed by atoms with van der Waals surface area (Å²) in [4.78, 5) is 19.8. The zero-order valence-corrected chi connectivity index (χ0v) is 22.1. The van der Waals surface area contributed by atoms with Gasteiger partial charge in [0.1, 0.15) is 11.4 Å². The van der Waals surface area contributed by atoms with E-state index in [9.17, 15) is 9.90 Å². The summed E-state index contributed by atoms with van der Waals surface area (Å²) < 4.78 is 7.81. The van der Waals surface area contributed by atoms with Gasteiger partial charge in [-0.15, -0.1) is 11.3 Å². The molecule has 1 amide bonds. The molecule has 0 saturated carbocycles. The van der Waals surface area contributed by atoms with Gasteiger partial charge >= 0.3 is 0 Å². The summed E-state index contributed by atoms with van der Waals surface area (Å²) in [5, 5.41) is 24.6. The smallest absolute Gasteiger partial charge is 0.229 e. The summed E-state index contributed by atoms with van der Waals surface area (Å²) >= 11 is 1.34. The first-order chi connectivity index (χ1) is 18.0. The van der Waals surface area contributed by atoms with Crippen molar-refractivity contribution in [3.8, 4) is 5.75 Å². The number of thiazole rings is 1. The average Bonchev–Trinajstić information content (AvgIpc) is 3.61. The molecule has 0 spiro atoms. The number of amidine groups is 1. The Morgan fingerprint density at radius 2 is 2.11 bits per heavy atom. The van der Waals surface area contributed by atoms with Crippen LogP contribution in [0.5, 0.6) is 5.75 Å². The molecule has 198 valence electrons. The Labute approximate surface area is 221 Å². The fourth-order valence-corrected chi connectivity index (χ4v) is 5.37. The van der Waals surface area contributed by atoms with Gasteiger partial charge in [-0.25, -0.2) is 4.98 Å². The minimum Gasteiger partial charge on any atom is -0.492 e. The van der Waals surface area contributed by atoms with Crippen LogP contribution >= 0.6 is 11.3 Å². The molecule has 1 atom stereocenters. The van der Waals surface area contributed by atoms with E-state index in [1.54, 1.807) is 17.9 Å². The minimum absolute atomic E-state index is 0.116. The standard InChI is InChI=1S/C26H35N7O3S/c1-18-22(36-13-7-12-32-11-6-10-20(32)17-34)16-33(28-2)24(18)25(27)31-26-29-15-21(37-26)14-23(35)30-19-8-4-3-5-9-19/h3-5,8-9,15-16,20,28,34H,6-7,10-14,17H2,1-2H3,(H,30,35)(H2,27,29,31)/t20-/m0/s1. The number of ether oxygens (including phenoxy) is 1. The van der Waals surface area contributed by atoms with E-state index in [0.29, 0.717) is 23.2 Å². The number of aliphatic hydroxyl groups excluding tert-OH is 1. The predicted molar refractivity (Wildman–Crippen MR) is 148 cm³/mol. The van der Waals surface area contributed by atoms with Gasteiger partial charge in [-0.2, -0.15) is 0 Å². The fraction of sp³-hybridized carbons (Fsp3) is 0.423. The normalized spacial score (nSPS) is 15.5. The number of likely N-dealkylation sites (tertiary alicyclic amines) is 1. The van der Waals surface area contributed by atoms with Crippen LogP contribution in [0, 0.1) is 12.3 Å². The maximum absolute atomic E-state index is 12.3. The van der Waals surface area contributed by atoms with Crippen molar-refractivity contribution in [1.29, 1.82) is 5.41 Å². The number of carbonyl (C=O) groups is 1. The monoisotopic (exact) mass is 525 g/mol. The molecule has 2 aromatic heterocycles. The predicted octanol–water partition coefficient (Wildman–Crippen LogP) is 3.27. The minimum atomic E-state index is -0.116. The molecule has 1 saturated heterocycles. The Morgan fingerprint density at radius 1 is 1.30 bits per heavy atom. The van der Waals surface area contributed by atoms with Gasteiger partial charge in [-0.1, -0.05) is 18.2 Å². The topological polar surface area (TPSA) is 128 Å². The number of benzene rings is 1. The summed E-state index contributed by atoms with van der Waals surface area (Å²) in [6.45, 7) is 4.63. The van der Waals surface area contributed by atoms with Gasteiger partial charge < -0.3 is 25.9 Å². The van der Waals surface area contributed by atoms with E-state index in [1.165, 1.54) is 11.3 Å². The Morgan fingerprint density at radius 3 is 2.86 bits per heavy atom. The van der Waals surface area contributed by atoms with E-state index in [4.69, 9.17) is 10.1 Å². The second kappa shape index (κ2) is 12.7. The zero-order chi connectivity index (χ0) is 26.2. The Balaban J connectivity index is 1.31. The van der Waals surface area contributed by atoms with Crippen molar-refractivity contribution in [3.05, 3.63) is 58.9 Å². The molecule has 0 bridgehead atoms. The van der Waals surface area contributed by atoms with Crippen molar-refractivity contribution in [2.45, 2.75) is 38.6 Å². The molecule has 37 heavy (non-hydrogen) atoms. The van der Waals surface area contributed by atoms with Crippen molar-refractivity contribution in [1.82, 2.24) is 14.6 Å². The molecule has 0 aliphatic carbocycles. The highest BCUT2D eigenvalue weighted by Crippen LogP contribution is 2.26. The number of rotatable bonds is 12. The SMILES string of the molecule is CNn1cc(OCCCN2CCC[C@H]2CO)c(C)c1C(=N)Nc1ncc(CC(=O)Nc2ccccc2)s1. The third kappa shape index (κ3) is 6.88. The first kappa shape index (κ1) is 26.6. The zero-order valence-electron chi connectivity index (χ0n) is 21.3. The molecular formula is C26H35N7O3S.